The van der Waals surface area contributed by atoms with Gasteiger partial charge in [-0.25, -0.2) is 0 Å². The normalized spacial score (nSPS) is 14.1. The van der Waals surface area contributed by atoms with Gasteiger partial charge in [0.1, 0.15) is 11.4 Å². The highest BCUT2D eigenvalue weighted by Crippen LogP contribution is 2.24. The lowest BCUT2D eigenvalue weighted by atomic mass is 9.92. The first kappa shape index (κ1) is 13.7. The van der Waals surface area contributed by atoms with Crippen molar-refractivity contribution in [3.63, 3.8) is 0 Å². The molecule has 0 saturated carbocycles. The van der Waals surface area contributed by atoms with Crippen molar-refractivity contribution in [3.8, 4) is 5.75 Å². The van der Waals surface area contributed by atoms with Gasteiger partial charge in [-0.15, -0.1) is 0 Å². The van der Waals surface area contributed by atoms with Crippen molar-refractivity contribution in [3.05, 3.63) is 29.8 Å². The predicted octanol–water partition coefficient (Wildman–Crippen LogP) is 2.82. The molecule has 0 aromatic heterocycles. The lowest BCUT2D eigenvalue weighted by Crippen LogP contribution is -2.34. The fourth-order valence-electron chi connectivity index (χ4n) is 1.44. The standard InChI is InChI=1S/C14H20O3/c1-4-10-17-12-9-7-6-8-11(12)13(15)14(3,16)5-2/h6-9,16H,4-5,10H2,1-3H3. The summed E-state index contributed by atoms with van der Waals surface area (Å²) in [5, 5.41) is 9.99. The Bertz CT molecular complexity index is 383. The van der Waals surface area contributed by atoms with Crippen LogP contribution >= 0.6 is 0 Å². The van der Waals surface area contributed by atoms with Gasteiger partial charge in [0.25, 0.3) is 0 Å². The molecule has 1 rings (SSSR count). The van der Waals surface area contributed by atoms with Crippen molar-refractivity contribution in [1.82, 2.24) is 0 Å². The van der Waals surface area contributed by atoms with E-state index in [1.54, 1.807) is 25.1 Å². The number of carbonyl (C=O) groups excluding carboxylic acids is 1. The molecule has 0 saturated heterocycles. The second-order valence-electron chi connectivity index (χ2n) is 4.30. The number of Topliss-reactive ketones (excluding diaryl/α,β-unsaturated/α-hetero) is 1. The molecule has 3 nitrogen and oxygen atoms in total. The van der Waals surface area contributed by atoms with Gasteiger partial charge < -0.3 is 9.84 Å². The summed E-state index contributed by atoms with van der Waals surface area (Å²) in [5.41, 5.74) is -0.876. The SMILES string of the molecule is CCCOc1ccccc1C(=O)C(C)(O)CC. The van der Waals surface area contributed by atoms with Crippen LogP contribution in [-0.2, 0) is 0 Å². The molecular formula is C14H20O3. The summed E-state index contributed by atoms with van der Waals surface area (Å²) in [6.07, 6.45) is 1.26. The van der Waals surface area contributed by atoms with Gasteiger partial charge in [0.05, 0.1) is 12.2 Å². The molecule has 1 N–H and O–H groups in total. The van der Waals surface area contributed by atoms with E-state index in [2.05, 4.69) is 0 Å². The summed E-state index contributed by atoms with van der Waals surface area (Å²) in [5.74, 6) is 0.264. The number of carbonyl (C=O) groups is 1. The van der Waals surface area contributed by atoms with Crippen LogP contribution in [0.15, 0.2) is 24.3 Å². The van der Waals surface area contributed by atoms with Crippen LogP contribution in [0.5, 0.6) is 5.75 Å². The third kappa shape index (κ3) is 3.30. The number of benzene rings is 1. The van der Waals surface area contributed by atoms with Gasteiger partial charge in [-0.3, -0.25) is 4.79 Å². The Balaban J connectivity index is 3.00. The van der Waals surface area contributed by atoms with Gasteiger partial charge in [-0.2, -0.15) is 0 Å². The summed E-state index contributed by atoms with van der Waals surface area (Å²) in [4.78, 5) is 12.2. The maximum Gasteiger partial charge on any atom is 0.197 e. The Morgan fingerprint density at radius 3 is 2.59 bits per heavy atom. The van der Waals surface area contributed by atoms with E-state index in [1.807, 2.05) is 13.0 Å². The summed E-state index contributed by atoms with van der Waals surface area (Å²) in [7, 11) is 0. The zero-order valence-electron chi connectivity index (χ0n) is 10.7. The lowest BCUT2D eigenvalue weighted by Gasteiger charge is -2.21. The van der Waals surface area contributed by atoms with Crippen LogP contribution in [0.4, 0.5) is 0 Å². The molecule has 1 aromatic carbocycles. The van der Waals surface area contributed by atoms with Crippen LogP contribution in [0.1, 0.15) is 44.0 Å². The number of hydrogen-bond acceptors (Lipinski definition) is 3. The molecule has 0 spiro atoms. The molecule has 0 fully saturated rings. The molecule has 0 amide bonds. The topological polar surface area (TPSA) is 46.5 Å². The molecule has 1 unspecified atom stereocenters. The number of ketones is 1. The summed E-state index contributed by atoms with van der Waals surface area (Å²) >= 11 is 0. The van der Waals surface area contributed by atoms with Crippen LogP contribution in [0.3, 0.4) is 0 Å². The van der Waals surface area contributed by atoms with Crippen molar-refractivity contribution in [2.45, 2.75) is 39.2 Å². The van der Waals surface area contributed by atoms with Crippen molar-refractivity contribution in [2.24, 2.45) is 0 Å². The van der Waals surface area contributed by atoms with Crippen LogP contribution in [0, 0.1) is 0 Å². The highest BCUT2D eigenvalue weighted by molar-refractivity contribution is 6.04. The highest BCUT2D eigenvalue weighted by atomic mass is 16.5. The molecule has 0 bridgehead atoms. The molecule has 0 radical (unpaired) electrons. The Morgan fingerprint density at radius 2 is 2.00 bits per heavy atom. The molecule has 0 heterocycles. The van der Waals surface area contributed by atoms with Crippen molar-refractivity contribution in [1.29, 1.82) is 0 Å². The van der Waals surface area contributed by atoms with Crippen LogP contribution in [-0.4, -0.2) is 23.1 Å². The second kappa shape index (κ2) is 5.82. The van der Waals surface area contributed by atoms with Gasteiger partial charge in [-0.1, -0.05) is 26.0 Å². The molecule has 1 aromatic rings. The summed E-state index contributed by atoms with van der Waals surface area (Å²) in [6.45, 7) is 5.89. The molecule has 0 aliphatic heterocycles. The summed E-state index contributed by atoms with van der Waals surface area (Å²) in [6, 6.07) is 7.05. The number of para-hydroxylation sites is 1. The minimum absolute atomic E-state index is 0.285. The Morgan fingerprint density at radius 1 is 1.35 bits per heavy atom. The Kier molecular flexibility index (Phi) is 4.70. The van der Waals surface area contributed by atoms with Crippen molar-refractivity contribution >= 4 is 5.78 Å². The van der Waals surface area contributed by atoms with Crippen molar-refractivity contribution < 1.29 is 14.6 Å². The van der Waals surface area contributed by atoms with E-state index in [0.29, 0.717) is 24.3 Å². The molecule has 1 atom stereocenters. The minimum atomic E-state index is -1.33. The number of aliphatic hydroxyl groups is 1. The largest absolute Gasteiger partial charge is 0.493 e. The van der Waals surface area contributed by atoms with Gasteiger partial charge in [0, 0.05) is 0 Å². The molecule has 94 valence electrons. The van der Waals surface area contributed by atoms with Gasteiger partial charge in [-0.05, 0) is 31.9 Å². The van der Waals surface area contributed by atoms with E-state index < -0.39 is 5.60 Å². The third-order valence-electron chi connectivity index (χ3n) is 2.77. The average molecular weight is 236 g/mol. The average Bonchev–Trinajstić information content (AvgIpc) is 2.35. The molecular weight excluding hydrogens is 216 g/mol. The first-order valence-electron chi connectivity index (χ1n) is 6.02. The van der Waals surface area contributed by atoms with E-state index in [4.69, 9.17) is 4.74 Å². The van der Waals surface area contributed by atoms with Gasteiger partial charge >= 0.3 is 0 Å². The van der Waals surface area contributed by atoms with E-state index >= 15 is 0 Å². The van der Waals surface area contributed by atoms with Gasteiger partial charge in [0.15, 0.2) is 5.78 Å². The first-order chi connectivity index (χ1) is 8.03. The Hall–Kier alpha value is -1.35. The third-order valence-corrected chi connectivity index (χ3v) is 2.77. The zero-order valence-corrected chi connectivity index (χ0v) is 10.7. The maximum atomic E-state index is 12.2. The van der Waals surface area contributed by atoms with E-state index in [-0.39, 0.29) is 5.78 Å². The second-order valence-corrected chi connectivity index (χ2v) is 4.30. The molecule has 3 heteroatoms. The first-order valence-corrected chi connectivity index (χ1v) is 6.02. The lowest BCUT2D eigenvalue weighted by molar-refractivity contribution is 0.0387. The quantitative estimate of drug-likeness (QED) is 0.772. The minimum Gasteiger partial charge on any atom is -0.493 e. The molecule has 0 aliphatic carbocycles. The van der Waals surface area contributed by atoms with Crippen LogP contribution < -0.4 is 4.74 Å². The zero-order chi connectivity index (χ0) is 12.9. The molecule has 17 heavy (non-hydrogen) atoms. The van der Waals surface area contributed by atoms with Crippen LogP contribution in [0.2, 0.25) is 0 Å². The predicted molar refractivity (Wildman–Crippen MR) is 67.5 cm³/mol. The van der Waals surface area contributed by atoms with Gasteiger partial charge in [0.2, 0.25) is 0 Å². The van der Waals surface area contributed by atoms with E-state index in [9.17, 15) is 9.90 Å². The maximum absolute atomic E-state index is 12.2. The fraction of sp³-hybridized carbons (Fsp3) is 0.500. The summed E-state index contributed by atoms with van der Waals surface area (Å²) < 4.78 is 5.52. The number of rotatable bonds is 6. The fourth-order valence-corrected chi connectivity index (χ4v) is 1.44. The van der Waals surface area contributed by atoms with E-state index in [1.165, 1.54) is 6.92 Å². The Labute approximate surface area is 102 Å². The van der Waals surface area contributed by atoms with Crippen LogP contribution in [0.25, 0.3) is 0 Å². The highest BCUT2D eigenvalue weighted by Gasteiger charge is 2.30. The number of hydrogen-bond donors (Lipinski definition) is 1. The molecule has 0 aliphatic rings. The smallest absolute Gasteiger partial charge is 0.197 e. The van der Waals surface area contributed by atoms with E-state index in [0.717, 1.165) is 6.42 Å². The monoisotopic (exact) mass is 236 g/mol. The van der Waals surface area contributed by atoms with Crippen molar-refractivity contribution in [2.75, 3.05) is 6.61 Å². The number of ether oxygens (including phenoxy) is 1.